The summed E-state index contributed by atoms with van der Waals surface area (Å²) in [4.78, 5) is 2.53. The second kappa shape index (κ2) is 5.68. The van der Waals surface area contributed by atoms with Gasteiger partial charge in [-0.15, -0.1) is 0 Å². The second-order valence-electron chi connectivity index (χ2n) is 6.55. The number of rotatable bonds is 3. The maximum absolute atomic E-state index is 5.79. The monoisotopic (exact) mass is 240 g/mol. The van der Waals surface area contributed by atoms with Gasteiger partial charge in [-0.2, -0.15) is 0 Å². The Kier molecular flexibility index (Phi) is 4.45. The van der Waals surface area contributed by atoms with Crippen molar-refractivity contribution >= 4 is 0 Å². The van der Waals surface area contributed by atoms with Gasteiger partial charge in [0, 0.05) is 25.7 Å². The van der Waals surface area contributed by atoms with E-state index in [2.05, 4.69) is 31.1 Å². The van der Waals surface area contributed by atoms with Crippen LogP contribution in [0.2, 0.25) is 0 Å². The summed E-state index contributed by atoms with van der Waals surface area (Å²) in [7, 11) is 2.27. The van der Waals surface area contributed by atoms with Crippen LogP contribution < -0.4 is 5.32 Å². The molecule has 3 heteroatoms. The number of hydrogen-bond donors (Lipinski definition) is 1. The molecule has 1 aliphatic carbocycles. The number of ether oxygens (including phenoxy) is 1. The minimum atomic E-state index is 0.388. The molecule has 0 aromatic rings. The lowest BCUT2D eigenvalue weighted by atomic mass is 9.75. The molecule has 2 rings (SSSR count). The van der Waals surface area contributed by atoms with Gasteiger partial charge in [0.25, 0.3) is 0 Å². The van der Waals surface area contributed by atoms with Gasteiger partial charge in [0.1, 0.15) is 0 Å². The van der Waals surface area contributed by atoms with Crippen molar-refractivity contribution in [2.24, 2.45) is 5.41 Å². The van der Waals surface area contributed by atoms with E-state index in [0.29, 0.717) is 11.5 Å². The smallest absolute Gasteiger partial charge is 0.0826 e. The lowest BCUT2D eigenvalue weighted by Gasteiger charge is -2.41. The fourth-order valence-corrected chi connectivity index (χ4v) is 3.24. The van der Waals surface area contributed by atoms with E-state index in [9.17, 15) is 0 Å². The van der Waals surface area contributed by atoms with Crippen molar-refractivity contribution in [3.8, 4) is 0 Å². The molecule has 3 nitrogen and oxygen atoms in total. The quantitative estimate of drug-likeness (QED) is 0.815. The summed E-state index contributed by atoms with van der Waals surface area (Å²) in [5, 5.41) is 3.41. The summed E-state index contributed by atoms with van der Waals surface area (Å²) < 4.78 is 5.79. The van der Waals surface area contributed by atoms with Crippen molar-refractivity contribution < 1.29 is 4.74 Å². The van der Waals surface area contributed by atoms with Crippen LogP contribution in [0, 0.1) is 5.41 Å². The Morgan fingerprint density at radius 3 is 2.88 bits per heavy atom. The molecule has 17 heavy (non-hydrogen) atoms. The maximum atomic E-state index is 5.79. The molecule has 100 valence electrons. The van der Waals surface area contributed by atoms with Gasteiger partial charge in [-0.3, -0.25) is 0 Å². The van der Waals surface area contributed by atoms with E-state index in [0.717, 1.165) is 32.3 Å². The first-order chi connectivity index (χ1) is 8.07. The zero-order valence-corrected chi connectivity index (χ0v) is 11.7. The van der Waals surface area contributed by atoms with Crippen LogP contribution in [0.15, 0.2) is 0 Å². The first-order valence-electron chi connectivity index (χ1n) is 7.09. The van der Waals surface area contributed by atoms with E-state index < -0.39 is 0 Å². The molecule has 1 aliphatic heterocycles. The van der Waals surface area contributed by atoms with Gasteiger partial charge in [0.05, 0.1) is 12.7 Å². The molecule has 0 aromatic heterocycles. The van der Waals surface area contributed by atoms with Crippen LogP contribution in [-0.4, -0.2) is 50.3 Å². The Hall–Kier alpha value is -0.120. The van der Waals surface area contributed by atoms with E-state index in [1.165, 1.54) is 25.7 Å². The summed E-state index contributed by atoms with van der Waals surface area (Å²) in [6.07, 6.45) is 5.85. The molecule has 0 radical (unpaired) electrons. The van der Waals surface area contributed by atoms with Gasteiger partial charge >= 0.3 is 0 Å². The van der Waals surface area contributed by atoms with E-state index in [1.807, 2.05) is 0 Å². The second-order valence-corrected chi connectivity index (χ2v) is 6.55. The normalized spacial score (nSPS) is 33.9. The predicted octanol–water partition coefficient (Wildman–Crippen LogP) is 1.88. The Morgan fingerprint density at radius 2 is 2.24 bits per heavy atom. The third-order valence-electron chi connectivity index (χ3n) is 4.30. The van der Waals surface area contributed by atoms with Crippen molar-refractivity contribution in [2.45, 2.75) is 51.7 Å². The molecule has 2 fully saturated rings. The molecule has 0 spiro atoms. The Balaban J connectivity index is 1.80. The largest absolute Gasteiger partial charge is 0.374 e. The van der Waals surface area contributed by atoms with Crippen LogP contribution in [0.3, 0.4) is 0 Å². The van der Waals surface area contributed by atoms with Crippen molar-refractivity contribution in [3.63, 3.8) is 0 Å². The molecule has 1 saturated heterocycles. The summed E-state index contributed by atoms with van der Waals surface area (Å²) in [6.45, 7) is 8.79. The first-order valence-corrected chi connectivity index (χ1v) is 7.09. The van der Waals surface area contributed by atoms with E-state index >= 15 is 0 Å². The molecule has 1 heterocycles. The van der Waals surface area contributed by atoms with Crippen LogP contribution in [0.5, 0.6) is 0 Å². The van der Waals surface area contributed by atoms with E-state index in [1.54, 1.807) is 0 Å². The van der Waals surface area contributed by atoms with Crippen molar-refractivity contribution in [1.82, 2.24) is 10.2 Å². The fraction of sp³-hybridized carbons (Fsp3) is 1.00. The lowest BCUT2D eigenvalue weighted by Crippen LogP contribution is -2.48. The molecule has 2 aliphatic rings. The maximum Gasteiger partial charge on any atom is 0.0826 e. The van der Waals surface area contributed by atoms with Gasteiger partial charge in [-0.05, 0) is 31.7 Å². The molecular weight excluding hydrogens is 212 g/mol. The molecule has 1 saturated carbocycles. The predicted molar refractivity (Wildman–Crippen MR) is 71.3 cm³/mol. The first kappa shape index (κ1) is 13.3. The fourth-order valence-electron chi connectivity index (χ4n) is 3.24. The van der Waals surface area contributed by atoms with Crippen molar-refractivity contribution in [3.05, 3.63) is 0 Å². The van der Waals surface area contributed by atoms with Crippen LogP contribution in [0.4, 0.5) is 0 Å². The summed E-state index contributed by atoms with van der Waals surface area (Å²) in [6, 6.07) is 0.754. The van der Waals surface area contributed by atoms with Crippen LogP contribution in [0.1, 0.15) is 39.5 Å². The summed E-state index contributed by atoms with van der Waals surface area (Å²) in [5.74, 6) is 0. The molecule has 1 N–H and O–H groups in total. The van der Waals surface area contributed by atoms with Crippen LogP contribution in [-0.2, 0) is 4.74 Å². The molecule has 2 atom stereocenters. The highest BCUT2D eigenvalue weighted by molar-refractivity contribution is 4.85. The Bertz CT molecular complexity index is 236. The zero-order valence-electron chi connectivity index (χ0n) is 11.7. The van der Waals surface area contributed by atoms with Crippen molar-refractivity contribution in [2.75, 3.05) is 33.3 Å². The third-order valence-corrected chi connectivity index (χ3v) is 4.30. The Morgan fingerprint density at radius 1 is 1.41 bits per heavy atom. The highest BCUT2D eigenvalue weighted by atomic mass is 16.5. The molecule has 0 bridgehead atoms. The Labute approximate surface area is 106 Å². The van der Waals surface area contributed by atoms with Crippen LogP contribution >= 0.6 is 0 Å². The highest BCUT2D eigenvalue weighted by Gasteiger charge is 2.31. The molecule has 0 aromatic carbocycles. The molecular formula is C14H28N2O. The summed E-state index contributed by atoms with van der Waals surface area (Å²) >= 11 is 0. The summed E-state index contributed by atoms with van der Waals surface area (Å²) in [5.41, 5.74) is 0.531. The number of likely N-dealkylation sites (N-methyl/N-ethyl adjacent to an activating group) is 1. The topological polar surface area (TPSA) is 24.5 Å². The lowest BCUT2D eigenvalue weighted by molar-refractivity contribution is -0.00609. The van der Waals surface area contributed by atoms with Crippen LogP contribution in [0.25, 0.3) is 0 Å². The van der Waals surface area contributed by atoms with E-state index in [4.69, 9.17) is 4.74 Å². The molecule has 0 amide bonds. The minimum absolute atomic E-state index is 0.388. The van der Waals surface area contributed by atoms with Gasteiger partial charge in [-0.1, -0.05) is 20.3 Å². The number of hydrogen-bond acceptors (Lipinski definition) is 3. The average Bonchev–Trinajstić information content (AvgIpc) is 2.29. The van der Waals surface area contributed by atoms with Gasteiger partial charge in [0.15, 0.2) is 0 Å². The zero-order chi connectivity index (χ0) is 12.3. The van der Waals surface area contributed by atoms with E-state index in [-0.39, 0.29) is 0 Å². The minimum Gasteiger partial charge on any atom is -0.374 e. The SMILES string of the molecule is CN(CC1CNCCO1)C1CCCC(C)(C)C1. The standard InChI is InChI=1S/C14H28N2O/c1-14(2)6-4-5-12(9-14)16(3)11-13-10-15-7-8-17-13/h12-13,15H,4-11H2,1-3H3. The third kappa shape index (κ3) is 3.94. The van der Waals surface area contributed by atoms with Crippen molar-refractivity contribution in [1.29, 1.82) is 0 Å². The highest BCUT2D eigenvalue weighted by Crippen LogP contribution is 2.36. The van der Waals surface area contributed by atoms with Gasteiger partial charge < -0.3 is 15.0 Å². The number of morpholine rings is 1. The number of nitrogens with one attached hydrogen (secondary N) is 1. The average molecular weight is 240 g/mol. The number of nitrogens with zero attached hydrogens (tertiary/aromatic N) is 1. The van der Waals surface area contributed by atoms with Gasteiger partial charge in [0.2, 0.25) is 0 Å². The molecule has 2 unspecified atom stereocenters. The van der Waals surface area contributed by atoms with Gasteiger partial charge in [-0.25, -0.2) is 0 Å².